The number of rotatable bonds is 8. The Morgan fingerprint density at radius 2 is 1.77 bits per heavy atom. The highest BCUT2D eigenvalue weighted by molar-refractivity contribution is 6.30. The Labute approximate surface area is 189 Å². The summed E-state index contributed by atoms with van der Waals surface area (Å²) in [6.07, 6.45) is 4.31. The minimum Gasteiger partial charge on any atom is -0.490 e. The van der Waals surface area contributed by atoms with E-state index in [0.717, 1.165) is 37.7 Å². The highest BCUT2D eigenvalue weighted by Crippen LogP contribution is 2.42. The molecular weight excluding hydrogens is 414 g/mol. The molecule has 1 aliphatic rings. The Hall–Kier alpha value is -2.53. The fourth-order valence-corrected chi connectivity index (χ4v) is 4.15. The van der Waals surface area contributed by atoms with Gasteiger partial charge in [0.25, 0.3) is 0 Å². The Morgan fingerprint density at radius 3 is 2.39 bits per heavy atom. The van der Waals surface area contributed by atoms with Crippen molar-refractivity contribution < 1.29 is 19.1 Å². The second-order valence-corrected chi connectivity index (χ2v) is 8.45. The summed E-state index contributed by atoms with van der Waals surface area (Å²) in [5.74, 6) is -0.0815. The number of amides is 1. The van der Waals surface area contributed by atoms with Crippen LogP contribution in [-0.2, 0) is 14.9 Å². The first-order chi connectivity index (χ1) is 14.9. The first-order valence-corrected chi connectivity index (χ1v) is 11.3. The maximum absolute atomic E-state index is 13.4. The molecule has 166 valence electrons. The summed E-state index contributed by atoms with van der Waals surface area (Å²) in [7, 11) is 0. The van der Waals surface area contributed by atoms with E-state index in [1.165, 1.54) is 0 Å². The molecule has 1 atom stereocenters. The molecule has 0 aliphatic heterocycles. The van der Waals surface area contributed by atoms with Crippen LogP contribution in [-0.4, -0.2) is 24.6 Å². The predicted molar refractivity (Wildman–Crippen MR) is 123 cm³/mol. The Balaban J connectivity index is 1.89. The number of nitrogens with one attached hydrogen (secondary N) is 1. The fraction of sp³-hybridized carbons (Fsp3) is 0.440. The van der Waals surface area contributed by atoms with Crippen LogP contribution in [0.4, 0.5) is 5.69 Å². The van der Waals surface area contributed by atoms with Crippen LogP contribution in [0, 0.1) is 0 Å². The number of carbonyl (C=O) groups is 2. The number of hydrogen-bond acceptors (Lipinski definition) is 4. The summed E-state index contributed by atoms with van der Waals surface area (Å²) in [5, 5.41) is 3.68. The molecule has 3 rings (SSSR count). The predicted octanol–water partition coefficient (Wildman–Crippen LogP) is 6.14. The molecule has 31 heavy (non-hydrogen) atoms. The van der Waals surface area contributed by atoms with Crippen molar-refractivity contribution in [3.05, 3.63) is 58.6 Å². The van der Waals surface area contributed by atoms with Crippen LogP contribution < -0.4 is 10.1 Å². The average Bonchev–Trinajstić information content (AvgIpc) is 3.26. The molecule has 0 heterocycles. The van der Waals surface area contributed by atoms with Crippen molar-refractivity contribution in [1.82, 2.24) is 0 Å². The van der Waals surface area contributed by atoms with Gasteiger partial charge in [-0.3, -0.25) is 4.79 Å². The molecule has 0 aromatic heterocycles. The van der Waals surface area contributed by atoms with Crippen molar-refractivity contribution in [3.63, 3.8) is 0 Å². The highest BCUT2D eigenvalue weighted by Gasteiger charge is 2.42. The number of benzene rings is 2. The average molecular weight is 444 g/mol. The van der Waals surface area contributed by atoms with Gasteiger partial charge in [0, 0.05) is 10.7 Å². The van der Waals surface area contributed by atoms with E-state index in [0.29, 0.717) is 22.0 Å². The van der Waals surface area contributed by atoms with Crippen LogP contribution in [0.5, 0.6) is 5.75 Å². The molecule has 1 fully saturated rings. The zero-order valence-electron chi connectivity index (χ0n) is 18.4. The summed E-state index contributed by atoms with van der Waals surface area (Å²) in [5.41, 5.74) is 1.23. The molecule has 2 aromatic rings. The van der Waals surface area contributed by atoms with E-state index in [1.807, 2.05) is 38.1 Å². The largest absolute Gasteiger partial charge is 0.490 e. The number of esters is 1. The highest BCUT2D eigenvalue weighted by atomic mass is 35.5. The number of hydrogen-bond donors (Lipinski definition) is 1. The Bertz CT molecular complexity index is 920. The van der Waals surface area contributed by atoms with Gasteiger partial charge in [0.15, 0.2) is 0 Å². The molecular formula is C25H30ClNO4. The minimum atomic E-state index is -0.597. The lowest BCUT2D eigenvalue weighted by molar-refractivity contribution is -0.121. The minimum absolute atomic E-state index is 0.0414. The van der Waals surface area contributed by atoms with E-state index in [4.69, 9.17) is 21.1 Å². The number of ether oxygens (including phenoxy) is 2. The summed E-state index contributed by atoms with van der Waals surface area (Å²) >= 11 is 6.05. The fourth-order valence-electron chi connectivity index (χ4n) is 4.02. The van der Waals surface area contributed by atoms with Gasteiger partial charge < -0.3 is 14.8 Å². The monoisotopic (exact) mass is 443 g/mol. The molecule has 0 saturated heterocycles. The lowest BCUT2D eigenvalue weighted by atomic mass is 9.78. The van der Waals surface area contributed by atoms with Gasteiger partial charge in [-0.15, -0.1) is 0 Å². The van der Waals surface area contributed by atoms with Crippen molar-refractivity contribution in [3.8, 4) is 5.75 Å². The van der Waals surface area contributed by atoms with Gasteiger partial charge >= 0.3 is 5.97 Å². The molecule has 0 bridgehead atoms. The quantitative estimate of drug-likeness (QED) is 0.497. The van der Waals surface area contributed by atoms with Crippen LogP contribution >= 0.6 is 11.6 Å². The lowest BCUT2D eigenvalue weighted by Crippen LogP contribution is -2.38. The van der Waals surface area contributed by atoms with E-state index in [1.54, 1.807) is 25.1 Å². The summed E-state index contributed by atoms with van der Waals surface area (Å²) in [4.78, 5) is 26.0. The van der Waals surface area contributed by atoms with Gasteiger partial charge in [0.05, 0.1) is 18.1 Å². The standard InChI is InChI=1S/C25H30ClNO4/c1-4-17(3)31-22-13-12-20(16-21(22)23(28)30-5-2)27-24(29)25(14-6-7-15-25)18-8-10-19(26)11-9-18/h8-13,16-17H,4-7,14-15H2,1-3H3,(H,27,29)/t17-/m0/s1. The zero-order valence-corrected chi connectivity index (χ0v) is 19.1. The molecule has 2 aromatic carbocycles. The van der Waals surface area contributed by atoms with Crippen molar-refractivity contribution in [1.29, 1.82) is 0 Å². The first-order valence-electron chi connectivity index (χ1n) is 10.9. The third kappa shape index (κ3) is 5.21. The molecule has 0 unspecified atom stereocenters. The Kier molecular flexibility index (Phi) is 7.60. The topological polar surface area (TPSA) is 64.6 Å². The van der Waals surface area contributed by atoms with Gasteiger partial charge in [-0.05, 0) is 69.0 Å². The third-order valence-electron chi connectivity index (χ3n) is 5.92. The normalized spacial score (nSPS) is 15.9. The van der Waals surface area contributed by atoms with E-state index >= 15 is 0 Å². The summed E-state index contributed by atoms with van der Waals surface area (Å²) in [6, 6.07) is 12.6. The third-order valence-corrected chi connectivity index (χ3v) is 6.18. The van der Waals surface area contributed by atoms with Crippen LogP contribution in [0.15, 0.2) is 42.5 Å². The van der Waals surface area contributed by atoms with Crippen molar-refractivity contribution in [2.45, 2.75) is 64.4 Å². The van der Waals surface area contributed by atoms with Gasteiger partial charge in [0.1, 0.15) is 11.3 Å². The molecule has 1 N–H and O–H groups in total. The van der Waals surface area contributed by atoms with Gasteiger partial charge in [-0.1, -0.05) is 43.5 Å². The maximum atomic E-state index is 13.4. The second-order valence-electron chi connectivity index (χ2n) is 8.02. The molecule has 1 amide bonds. The maximum Gasteiger partial charge on any atom is 0.341 e. The molecule has 1 aliphatic carbocycles. The van der Waals surface area contributed by atoms with Crippen molar-refractivity contribution in [2.24, 2.45) is 0 Å². The molecule has 0 spiro atoms. The summed E-state index contributed by atoms with van der Waals surface area (Å²) in [6.45, 7) is 5.98. The lowest BCUT2D eigenvalue weighted by Gasteiger charge is -2.28. The van der Waals surface area contributed by atoms with E-state index in [-0.39, 0.29) is 18.6 Å². The zero-order chi connectivity index (χ0) is 22.4. The first kappa shape index (κ1) is 23.1. The van der Waals surface area contributed by atoms with Crippen LogP contribution in [0.2, 0.25) is 5.02 Å². The molecule has 0 radical (unpaired) electrons. The number of carbonyl (C=O) groups excluding carboxylic acids is 2. The van der Waals surface area contributed by atoms with E-state index in [2.05, 4.69) is 5.32 Å². The van der Waals surface area contributed by atoms with Crippen molar-refractivity contribution in [2.75, 3.05) is 11.9 Å². The number of anilines is 1. The van der Waals surface area contributed by atoms with Gasteiger partial charge in [-0.25, -0.2) is 4.79 Å². The van der Waals surface area contributed by atoms with E-state index in [9.17, 15) is 9.59 Å². The smallest absolute Gasteiger partial charge is 0.341 e. The Morgan fingerprint density at radius 1 is 1.10 bits per heavy atom. The van der Waals surface area contributed by atoms with Crippen LogP contribution in [0.25, 0.3) is 0 Å². The van der Waals surface area contributed by atoms with Crippen molar-refractivity contribution >= 4 is 29.2 Å². The second kappa shape index (κ2) is 10.2. The van der Waals surface area contributed by atoms with Gasteiger partial charge in [-0.2, -0.15) is 0 Å². The SMILES string of the molecule is CCOC(=O)c1cc(NC(=O)C2(c3ccc(Cl)cc3)CCCC2)ccc1O[C@@H](C)CC. The molecule has 1 saturated carbocycles. The van der Waals surface area contributed by atoms with Crippen LogP contribution in [0.1, 0.15) is 68.8 Å². The molecule has 5 nitrogen and oxygen atoms in total. The van der Waals surface area contributed by atoms with Crippen LogP contribution in [0.3, 0.4) is 0 Å². The summed E-state index contributed by atoms with van der Waals surface area (Å²) < 4.78 is 11.1. The van der Waals surface area contributed by atoms with E-state index < -0.39 is 11.4 Å². The molecule has 6 heteroatoms. The van der Waals surface area contributed by atoms with Gasteiger partial charge in [0.2, 0.25) is 5.91 Å². The number of halogens is 1.